The van der Waals surface area contributed by atoms with Crippen LogP contribution in [-0.4, -0.2) is 24.5 Å². The van der Waals surface area contributed by atoms with Gasteiger partial charge in [-0.05, 0) is 0 Å². The maximum atomic E-state index is 10.0. The molecule has 0 aliphatic rings. The molecule has 0 aliphatic heterocycles. The number of carbonyl (C=O) groups is 1. The molecule has 8 heavy (non-hydrogen) atoms. The number of nitrogens with zero attached hydrogens (tertiary/aromatic N) is 1. The van der Waals surface area contributed by atoms with Crippen LogP contribution in [0.2, 0.25) is 0 Å². The SMILES string of the molecule is CO[N+](=O)CC(N)=O. The summed E-state index contributed by atoms with van der Waals surface area (Å²) in [5.74, 6) is -0.707. The molecule has 0 unspecified atom stereocenters. The topological polar surface area (TPSA) is 72.4 Å². The average molecular weight is 119 g/mol. The number of carbonyl (C=O) groups excluding carboxylic acids is 1. The van der Waals surface area contributed by atoms with Crippen molar-refractivity contribution in [3.8, 4) is 0 Å². The molecule has 1 amide bonds. The molecule has 46 valence electrons. The van der Waals surface area contributed by atoms with Gasteiger partial charge in [0, 0.05) is 0 Å². The van der Waals surface area contributed by atoms with Crippen molar-refractivity contribution >= 4 is 5.91 Å². The number of rotatable bonds is 3. The number of hydrogen-bond donors (Lipinski definition) is 1. The van der Waals surface area contributed by atoms with Gasteiger partial charge in [-0.2, -0.15) is 0 Å². The largest absolute Gasteiger partial charge is 0.364 e. The Kier molecular flexibility index (Phi) is 2.53. The van der Waals surface area contributed by atoms with Gasteiger partial charge in [0.25, 0.3) is 5.91 Å². The van der Waals surface area contributed by atoms with E-state index < -0.39 is 12.5 Å². The van der Waals surface area contributed by atoms with Crippen molar-refractivity contribution in [2.24, 2.45) is 5.73 Å². The van der Waals surface area contributed by atoms with E-state index in [1.165, 1.54) is 0 Å². The summed E-state index contributed by atoms with van der Waals surface area (Å²) in [5.41, 5.74) is 4.61. The molecular weight excluding hydrogens is 112 g/mol. The number of amides is 1. The van der Waals surface area contributed by atoms with Crippen LogP contribution in [0, 0.1) is 4.91 Å². The summed E-state index contributed by atoms with van der Waals surface area (Å²) in [6.45, 7) is -0.420. The van der Waals surface area contributed by atoms with Crippen LogP contribution in [0.15, 0.2) is 0 Å². The molecular formula is C3H7N2O3+. The van der Waals surface area contributed by atoms with Crippen molar-refractivity contribution < 1.29 is 14.6 Å². The molecule has 0 aromatic carbocycles. The van der Waals surface area contributed by atoms with E-state index in [0.29, 0.717) is 0 Å². The molecule has 0 bridgehead atoms. The predicted molar refractivity (Wildman–Crippen MR) is 24.7 cm³/mol. The number of primary amides is 1. The highest BCUT2D eigenvalue weighted by Crippen LogP contribution is 1.68. The third kappa shape index (κ3) is 3.08. The van der Waals surface area contributed by atoms with Gasteiger partial charge in [-0.3, -0.25) is 4.79 Å². The van der Waals surface area contributed by atoms with Crippen molar-refractivity contribution in [2.75, 3.05) is 13.7 Å². The fourth-order valence-electron chi connectivity index (χ4n) is 0.192. The molecule has 0 aromatic rings. The summed E-state index contributed by atoms with van der Waals surface area (Å²) in [6, 6.07) is 0. The first-order valence-corrected chi connectivity index (χ1v) is 1.94. The second-order valence-corrected chi connectivity index (χ2v) is 1.14. The second-order valence-electron chi connectivity index (χ2n) is 1.14. The van der Waals surface area contributed by atoms with Gasteiger partial charge in [-0.15, -0.1) is 0 Å². The Morgan fingerprint density at radius 1 is 1.88 bits per heavy atom. The van der Waals surface area contributed by atoms with Gasteiger partial charge < -0.3 is 5.73 Å². The van der Waals surface area contributed by atoms with Crippen LogP contribution in [0.25, 0.3) is 0 Å². The molecule has 0 saturated carbocycles. The molecule has 5 heteroatoms. The lowest BCUT2D eigenvalue weighted by Crippen LogP contribution is -2.24. The van der Waals surface area contributed by atoms with Crippen molar-refractivity contribution in [1.29, 1.82) is 0 Å². The molecule has 0 fully saturated rings. The standard InChI is InChI=1S/C3H6N2O3/c1-8-5(7)2-3(4)6/h2H2,1H3,(H-,4,6)/p+1. The fourth-order valence-corrected chi connectivity index (χ4v) is 0.192. The van der Waals surface area contributed by atoms with Crippen LogP contribution in [0.1, 0.15) is 0 Å². The van der Waals surface area contributed by atoms with Gasteiger partial charge in [0.05, 0.1) is 4.91 Å². The van der Waals surface area contributed by atoms with E-state index in [0.717, 1.165) is 7.11 Å². The van der Waals surface area contributed by atoms with Crippen molar-refractivity contribution in [1.82, 2.24) is 0 Å². The van der Waals surface area contributed by atoms with Crippen LogP contribution >= 0.6 is 0 Å². The lowest BCUT2D eigenvalue weighted by Gasteiger charge is -1.81. The third-order valence-corrected chi connectivity index (χ3v) is 0.489. The van der Waals surface area contributed by atoms with Crippen LogP contribution in [0.3, 0.4) is 0 Å². The van der Waals surface area contributed by atoms with Gasteiger partial charge in [0.15, 0.2) is 7.11 Å². The summed E-state index contributed by atoms with van der Waals surface area (Å²) in [5, 5.41) is 0. The monoisotopic (exact) mass is 119 g/mol. The van der Waals surface area contributed by atoms with E-state index in [1.807, 2.05) is 0 Å². The molecule has 0 spiro atoms. The minimum absolute atomic E-state index is 0.0995. The van der Waals surface area contributed by atoms with Crippen LogP contribution in [0.4, 0.5) is 0 Å². The number of nitrogens with two attached hydrogens (primary N) is 1. The van der Waals surface area contributed by atoms with Gasteiger partial charge in [0.2, 0.25) is 4.92 Å². The normalized spacial score (nSPS) is 8.12. The van der Waals surface area contributed by atoms with Crippen molar-refractivity contribution in [2.45, 2.75) is 0 Å². The van der Waals surface area contributed by atoms with E-state index in [1.54, 1.807) is 0 Å². The lowest BCUT2D eigenvalue weighted by molar-refractivity contribution is -0.788. The smallest absolute Gasteiger partial charge is 0.324 e. The predicted octanol–water partition coefficient (Wildman–Crippen LogP) is -1.19. The van der Waals surface area contributed by atoms with E-state index >= 15 is 0 Å². The molecule has 0 aliphatic carbocycles. The maximum Gasteiger partial charge on any atom is 0.324 e. The molecule has 5 nitrogen and oxygen atoms in total. The summed E-state index contributed by atoms with van der Waals surface area (Å²) in [4.78, 5) is 24.0. The quantitative estimate of drug-likeness (QED) is 0.475. The summed E-state index contributed by atoms with van der Waals surface area (Å²) >= 11 is 0. The molecule has 0 rings (SSSR count). The van der Waals surface area contributed by atoms with Gasteiger partial charge in [-0.1, -0.05) is 0 Å². The third-order valence-electron chi connectivity index (χ3n) is 0.489. The second kappa shape index (κ2) is 2.95. The highest BCUT2D eigenvalue weighted by molar-refractivity contribution is 5.74. The Morgan fingerprint density at radius 3 is 2.50 bits per heavy atom. The molecule has 0 radical (unpaired) electrons. The summed E-state index contributed by atoms with van der Waals surface area (Å²) in [7, 11) is 1.16. The Bertz CT molecular complexity index is 111. The van der Waals surface area contributed by atoms with Crippen molar-refractivity contribution in [3.05, 3.63) is 4.91 Å². The number of hydrogen-bond acceptors (Lipinski definition) is 3. The zero-order valence-electron chi connectivity index (χ0n) is 4.46. The van der Waals surface area contributed by atoms with Crippen LogP contribution in [0.5, 0.6) is 0 Å². The van der Waals surface area contributed by atoms with E-state index in [-0.39, 0.29) is 4.92 Å². The summed E-state index contributed by atoms with van der Waals surface area (Å²) < 4.78 is 0. The molecule has 2 N–H and O–H groups in total. The molecule has 0 atom stereocenters. The Labute approximate surface area is 45.9 Å². The Balaban J connectivity index is 3.40. The highest BCUT2D eigenvalue weighted by Gasteiger charge is 2.10. The molecule has 0 saturated heterocycles. The van der Waals surface area contributed by atoms with E-state index in [2.05, 4.69) is 10.6 Å². The zero-order chi connectivity index (χ0) is 6.57. The van der Waals surface area contributed by atoms with Crippen molar-refractivity contribution in [3.63, 3.8) is 0 Å². The first-order chi connectivity index (χ1) is 3.66. The van der Waals surface area contributed by atoms with Crippen LogP contribution < -0.4 is 5.73 Å². The first-order valence-electron chi connectivity index (χ1n) is 1.94. The van der Waals surface area contributed by atoms with Gasteiger partial charge in [-0.25, -0.2) is 4.84 Å². The van der Waals surface area contributed by atoms with Crippen LogP contribution in [-0.2, 0) is 9.63 Å². The first kappa shape index (κ1) is 6.87. The van der Waals surface area contributed by atoms with Gasteiger partial charge in [0.1, 0.15) is 0 Å². The fraction of sp³-hybridized carbons (Fsp3) is 0.667. The van der Waals surface area contributed by atoms with Gasteiger partial charge >= 0.3 is 6.54 Å². The average Bonchev–Trinajstić information content (AvgIpc) is 1.65. The minimum atomic E-state index is -0.707. The minimum Gasteiger partial charge on any atom is -0.364 e. The Morgan fingerprint density at radius 2 is 2.38 bits per heavy atom. The van der Waals surface area contributed by atoms with E-state index in [4.69, 9.17) is 0 Å². The maximum absolute atomic E-state index is 10.0. The summed E-state index contributed by atoms with van der Waals surface area (Å²) in [6.07, 6.45) is 0. The lowest BCUT2D eigenvalue weighted by atomic mass is 10.7. The highest BCUT2D eigenvalue weighted by atomic mass is 16.8. The molecule has 0 heterocycles. The zero-order valence-corrected chi connectivity index (χ0v) is 4.46. The van der Waals surface area contributed by atoms with E-state index in [9.17, 15) is 9.70 Å². The Hall–Kier alpha value is -1.13. The molecule has 0 aromatic heterocycles.